The molecule has 4 nitrogen and oxygen atoms in total. The molecule has 0 bridgehead atoms. The Kier molecular flexibility index (Phi) is 2.60. The molecule has 0 unspecified atom stereocenters. The summed E-state index contributed by atoms with van der Waals surface area (Å²) in [5.41, 5.74) is 0.327. The summed E-state index contributed by atoms with van der Waals surface area (Å²) in [5, 5.41) is 2.50. The van der Waals surface area contributed by atoms with Crippen LogP contribution in [0.3, 0.4) is 0 Å². The van der Waals surface area contributed by atoms with Gasteiger partial charge in [-0.1, -0.05) is 18.2 Å². The maximum absolute atomic E-state index is 13.4. The molecule has 1 heterocycles. The second-order valence-corrected chi connectivity index (χ2v) is 3.54. The average molecular weight is 223 g/mol. The Bertz CT molecular complexity index is 447. The number of hydrogen-bond acceptors (Lipinski definition) is 3. The second kappa shape index (κ2) is 3.92. The van der Waals surface area contributed by atoms with E-state index in [0.29, 0.717) is 5.56 Å². The van der Waals surface area contributed by atoms with Crippen molar-refractivity contribution in [3.05, 3.63) is 35.6 Å². The molecule has 5 heteroatoms. The molecule has 0 aromatic heterocycles. The first-order chi connectivity index (χ1) is 7.59. The maximum atomic E-state index is 13.4. The van der Waals surface area contributed by atoms with Crippen LogP contribution in [-0.2, 0) is 14.3 Å². The first-order valence-corrected chi connectivity index (χ1v) is 4.81. The fourth-order valence-corrected chi connectivity index (χ4v) is 1.63. The fourth-order valence-electron chi connectivity index (χ4n) is 1.63. The van der Waals surface area contributed by atoms with Crippen molar-refractivity contribution in [2.24, 2.45) is 0 Å². The SMILES string of the molecule is CC(=O)O[C@H]1C(=O)N[C@H]1c1ccccc1F. The lowest BCUT2D eigenvalue weighted by Crippen LogP contribution is -2.57. The molecule has 1 N–H and O–H groups in total. The molecule has 2 atom stereocenters. The monoisotopic (exact) mass is 223 g/mol. The average Bonchev–Trinajstić information content (AvgIpc) is 2.24. The molecular formula is C11H10FNO3. The van der Waals surface area contributed by atoms with Gasteiger partial charge in [-0.2, -0.15) is 0 Å². The second-order valence-electron chi connectivity index (χ2n) is 3.54. The van der Waals surface area contributed by atoms with Crippen molar-refractivity contribution in [3.8, 4) is 0 Å². The summed E-state index contributed by atoms with van der Waals surface area (Å²) in [6.07, 6.45) is -0.922. The van der Waals surface area contributed by atoms with E-state index < -0.39 is 29.8 Å². The van der Waals surface area contributed by atoms with Crippen LogP contribution in [0.25, 0.3) is 0 Å². The van der Waals surface area contributed by atoms with Crippen molar-refractivity contribution >= 4 is 11.9 Å². The van der Waals surface area contributed by atoms with Crippen LogP contribution in [0.4, 0.5) is 4.39 Å². The Balaban J connectivity index is 2.20. The van der Waals surface area contributed by atoms with Crippen molar-refractivity contribution < 1.29 is 18.7 Å². The van der Waals surface area contributed by atoms with Gasteiger partial charge in [-0.05, 0) is 6.07 Å². The molecule has 1 saturated heterocycles. The number of amides is 1. The molecule has 1 fully saturated rings. The van der Waals surface area contributed by atoms with E-state index in [2.05, 4.69) is 5.32 Å². The molecule has 0 spiro atoms. The zero-order valence-corrected chi connectivity index (χ0v) is 8.57. The summed E-state index contributed by atoms with van der Waals surface area (Å²) >= 11 is 0. The van der Waals surface area contributed by atoms with E-state index >= 15 is 0 Å². The van der Waals surface area contributed by atoms with Crippen LogP contribution >= 0.6 is 0 Å². The molecule has 2 rings (SSSR count). The van der Waals surface area contributed by atoms with Gasteiger partial charge >= 0.3 is 5.97 Å². The molecule has 1 aromatic carbocycles. The lowest BCUT2D eigenvalue weighted by molar-refractivity contribution is -0.164. The number of carbonyl (C=O) groups excluding carboxylic acids is 2. The molecule has 1 aromatic rings. The van der Waals surface area contributed by atoms with Crippen molar-refractivity contribution in [3.63, 3.8) is 0 Å². The lowest BCUT2D eigenvalue weighted by atomic mass is 9.93. The summed E-state index contributed by atoms with van der Waals surface area (Å²) in [6, 6.07) is 5.48. The molecule has 1 aliphatic heterocycles. The minimum absolute atomic E-state index is 0.327. The zero-order valence-electron chi connectivity index (χ0n) is 8.57. The summed E-state index contributed by atoms with van der Waals surface area (Å²) in [6.45, 7) is 1.21. The number of hydrogen-bond donors (Lipinski definition) is 1. The van der Waals surface area contributed by atoms with Crippen molar-refractivity contribution in [1.29, 1.82) is 0 Å². The Morgan fingerprint density at radius 3 is 2.69 bits per heavy atom. The van der Waals surface area contributed by atoms with Crippen LogP contribution in [0, 0.1) is 5.82 Å². The predicted molar refractivity (Wildman–Crippen MR) is 52.8 cm³/mol. The number of nitrogens with one attached hydrogen (secondary N) is 1. The summed E-state index contributed by atoms with van der Waals surface area (Å²) < 4.78 is 18.2. The molecule has 16 heavy (non-hydrogen) atoms. The molecule has 1 aliphatic rings. The summed E-state index contributed by atoms with van der Waals surface area (Å²) in [4.78, 5) is 21.9. The summed E-state index contributed by atoms with van der Waals surface area (Å²) in [5.74, 6) is -1.38. The van der Waals surface area contributed by atoms with Gasteiger partial charge in [0.15, 0.2) is 0 Å². The van der Waals surface area contributed by atoms with Crippen LogP contribution in [0.5, 0.6) is 0 Å². The lowest BCUT2D eigenvalue weighted by Gasteiger charge is -2.35. The van der Waals surface area contributed by atoms with Crippen LogP contribution in [0.1, 0.15) is 18.5 Å². The topological polar surface area (TPSA) is 55.4 Å². The Labute approximate surface area is 91.4 Å². The number of carbonyl (C=O) groups is 2. The Morgan fingerprint density at radius 1 is 1.44 bits per heavy atom. The minimum Gasteiger partial charge on any atom is -0.450 e. The number of rotatable bonds is 2. The molecule has 1 amide bonds. The highest BCUT2D eigenvalue weighted by molar-refractivity contribution is 5.90. The van der Waals surface area contributed by atoms with E-state index in [-0.39, 0.29) is 0 Å². The van der Waals surface area contributed by atoms with Crippen LogP contribution in [0.2, 0.25) is 0 Å². The van der Waals surface area contributed by atoms with E-state index in [1.807, 2.05) is 0 Å². The third kappa shape index (κ3) is 1.76. The smallest absolute Gasteiger partial charge is 0.303 e. The van der Waals surface area contributed by atoms with Gasteiger partial charge < -0.3 is 10.1 Å². The van der Waals surface area contributed by atoms with E-state index in [9.17, 15) is 14.0 Å². The highest BCUT2D eigenvalue weighted by atomic mass is 19.1. The molecule has 84 valence electrons. The van der Waals surface area contributed by atoms with Crippen molar-refractivity contribution in [2.45, 2.75) is 19.1 Å². The summed E-state index contributed by atoms with van der Waals surface area (Å²) in [7, 11) is 0. The van der Waals surface area contributed by atoms with E-state index in [0.717, 1.165) is 0 Å². The third-order valence-corrected chi connectivity index (χ3v) is 2.39. The quantitative estimate of drug-likeness (QED) is 0.599. The molecule has 0 radical (unpaired) electrons. The van der Waals surface area contributed by atoms with Crippen molar-refractivity contribution in [2.75, 3.05) is 0 Å². The number of ether oxygens (including phenoxy) is 1. The standard InChI is InChI=1S/C11H10FNO3/c1-6(14)16-10-9(13-11(10)15)7-4-2-3-5-8(7)12/h2-5,9-10H,1H3,(H,13,15)/t9-,10+/m0/s1. The number of β-lactam (4-membered cyclic amide) rings is 1. The number of halogens is 1. The van der Waals surface area contributed by atoms with Gasteiger partial charge in [0.1, 0.15) is 11.9 Å². The van der Waals surface area contributed by atoms with E-state index in [1.165, 1.54) is 13.0 Å². The molecular weight excluding hydrogens is 213 g/mol. The Hall–Kier alpha value is -1.91. The zero-order chi connectivity index (χ0) is 11.7. The minimum atomic E-state index is -0.922. The fraction of sp³-hybridized carbons (Fsp3) is 0.273. The van der Waals surface area contributed by atoms with E-state index in [4.69, 9.17) is 4.74 Å². The van der Waals surface area contributed by atoms with Gasteiger partial charge in [0.05, 0.1) is 0 Å². The van der Waals surface area contributed by atoms with Gasteiger partial charge in [0.2, 0.25) is 6.10 Å². The van der Waals surface area contributed by atoms with Gasteiger partial charge in [-0.15, -0.1) is 0 Å². The molecule has 0 aliphatic carbocycles. The molecule has 0 saturated carbocycles. The highest BCUT2D eigenvalue weighted by Gasteiger charge is 2.44. The number of benzene rings is 1. The van der Waals surface area contributed by atoms with Gasteiger partial charge in [0.25, 0.3) is 5.91 Å². The van der Waals surface area contributed by atoms with Crippen LogP contribution in [0.15, 0.2) is 24.3 Å². The maximum Gasteiger partial charge on any atom is 0.303 e. The largest absolute Gasteiger partial charge is 0.450 e. The van der Waals surface area contributed by atoms with E-state index in [1.54, 1.807) is 18.2 Å². The first kappa shape index (κ1) is 10.6. The number of esters is 1. The predicted octanol–water partition coefficient (Wildman–Crippen LogP) is 0.928. The van der Waals surface area contributed by atoms with Crippen molar-refractivity contribution in [1.82, 2.24) is 5.32 Å². The van der Waals surface area contributed by atoms with Gasteiger partial charge in [-0.25, -0.2) is 4.39 Å². The van der Waals surface area contributed by atoms with Gasteiger partial charge in [-0.3, -0.25) is 9.59 Å². The third-order valence-electron chi connectivity index (χ3n) is 2.39. The first-order valence-electron chi connectivity index (χ1n) is 4.81. The highest BCUT2D eigenvalue weighted by Crippen LogP contribution is 2.28. The normalized spacial score (nSPS) is 23.2. The van der Waals surface area contributed by atoms with Gasteiger partial charge in [0, 0.05) is 12.5 Å². The van der Waals surface area contributed by atoms with Crippen LogP contribution < -0.4 is 5.32 Å². The Morgan fingerprint density at radius 2 is 2.12 bits per heavy atom. The van der Waals surface area contributed by atoms with Crippen LogP contribution in [-0.4, -0.2) is 18.0 Å².